The fraction of sp³-hybridized carbons (Fsp3) is 0.538. The number of carbonyl (C=O) groups excluding carboxylic acids is 1. The average Bonchev–Trinajstić information content (AvgIpc) is 2.88. The first-order valence-electron chi connectivity index (χ1n) is 6.22. The summed E-state index contributed by atoms with van der Waals surface area (Å²) in [5.41, 5.74) is -0.00574. The Balaban J connectivity index is 2.03. The third-order valence-corrected chi connectivity index (χ3v) is 3.27. The number of rotatable bonds is 4. The molecule has 0 aromatic carbocycles. The molecule has 0 aliphatic carbocycles. The van der Waals surface area contributed by atoms with Crippen LogP contribution in [0.15, 0.2) is 16.7 Å². The zero-order valence-corrected chi connectivity index (χ0v) is 10.8. The predicted octanol–water partition coefficient (Wildman–Crippen LogP) is 1.48. The molecule has 1 saturated heterocycles. The van der Waals surface area contributed by atoms with Gasteiger partial charge in [0.15, 0.2) is 5.76 Å². The van der Waals surface area contributed by atoms with Gasteiger partial charge in [0.2, 0.25) is 0 Å². The molecule has 1 unspecified atom stereocenters. The molecule has 0 radical (unpaired) electrons. The van der Waals surface area contributed by atoms with Crippen LogP contribution < -0.4 is 0 Å². The van der Waals surface area contributed by atoms with E-state index in [0.29, 0.717) is 25.6 Å². The van der Waals surface area contributed by atoms with Crippen molar-refractivity contribution in [3.05, 3.63) is 23.7 Å². The lowest BCUT2D eigenvalue weighted by atomic mass is 9.99. The molecule has 1 aliphatic rings. The SMILES string of the molecule is COCC1CCCN(C(=O)c2cc(C(=O)O)co2)C1. The van der Waals surface area contributed by atoms with Crippen LogP contribution in [0.5, 0.6) is 0 Å². The molecular formula is C13H17NO5. The van der Waals surface area contributed by atoms with E-state index in [0.717, 1.165) is 19.1 Å². The topological polar surface area (TPSA) is 80.0 Å². The van der Waals surface area contributed by atoms with Crippen LogP contribution in [0, 0.1) is 5.92 Å². The van der Waals surface area contributed by atoms with Crippen molar-refractivity contribution in [2.45, 2.75) is 12.8 Å². The second-order valence-corrected chi connectivity index (χ2v) is 4.72. The highest BCUT2D eigenvalue weighted by molar-refractivity contribution is 5.95. The van der Waals surface area contributed by atoms with Gasteiger partial charge in [0.1, 0.15) is 6.26 Å². The lowest BCUT2D eigenvalue weighted by Crippen LogP contribution is -2.41. The number of ether oxygens (including phenoxy) is 1. The van der Waals surface area contributed by atoms with Gasteiger partial charge in [-0.3, -0.25) is 4.79 Å². The number of nitrogens with zero attached hydrogens (tertiary/aromatic N) is 1. The quantitative estimate of drug-likeness (QED) is 0.893. The first kappa shape index (κ1) is 13.6. The molecule has 6 heteroatoms. The summed E-state index contributed by atoms with van der Waals surface area (Å²) in [6.45, 7) is 1.92. The maximum atomic E-state index is 12.2. The molecule has 104 valence electrons. The summed E-state index contributed by atoms with van der Waals surface area (Å²) in [5.74, 6) is -0.945. The highest BCUT2D eigenvalue weighted by Gasteiger charge is 2.26. The highest BCUT2D eigenvalue weighted by Crippen LogP contribution is 2.19. The van der Waals surface area contributed by atoms with Gasteiger partial charge in [0.25, 0.3) is 5.91 Å². The van der Waals surface area contributed by atoms with Gasteiger partial charge >= 0.3 is 5.97 Å². The van der Waals surface area contributed by atoms with Crippen molar-refractivity contribution in [3.8, 4) is 0 Å². The smallest absolute Gasteiger partial charge is 0.338 e. The summed E-state index contributed by atoms with van der Waals surface area (Å²) in [6.07, 6.45) is 3.05. The minimum absolute atomic E-state index is 0.00574. The molecule has 0 saturated carbocycles. The molecule has 1 aromatic heterocycles. The van der Waals surface area contributed by atoms with Gasteiger partial charge in [-0.15, -0.1) is 0 Å². The van der Waals surface area contributed by atoms with Crippen LogP contribution in [0.25, 0.3) is 0 Å². The van der Waals surface area contributed by atoms with Gasteiger partial charge in [-0.2, -0.15) is 0 Å². The predicted molar refractivity (Wildman–Crippen MR) is 66.2 cm³/mol. The summed E-state index contributed by atoms with van der Waals surface area (Å²) in [5, 5.41) is 8.80. The van der Waals surface area contributed by atoms with E-state index in [1.807, 2.05) is 0 Å². The largest absolute Gasteiger partial charge is 0.478 e. The molecular weight excluding hydrogens is 250 g/mol. The summed E-state index contributed by atoms with van der Waals surface area (Å²) in [4.78, 5) is 24.6. The third kappa shape index (κ3) is 3.14. The molecule has 1 aromatic rings. The van der Waals surface area contributed by atoms with E-state index in [-0.39, 0.29) is 17.2 Å². The second kappa shape index (κ2) is 5.88. The number of hydrogen-bond donors (Lipinski definition) is 1. The van der Waals surface area contributed by atoms with Crippen molar-refractivity contribution in [2.24, 2.45) is 5.92 Å². The third-order valence-electron chi connectivity index (χ3n) is 3.27. The maximum Gasteiger partial charge on any atom is 0.338 e. The van der Waals surface area contributed by atoms with E-state index in [2.05, 4.69) is 0 Å². The summed E-state index contributed by atoms with van der Waals surface area (Å²) in [7, 11) is 1.65. The molecule has 1 amide bonds. The van der Waals surface area contributed by atoms with Crippen LogP contribution in [-0.2, 0) is 4.74 Å². The number of hydrogen-bond acceptors (Lipinski definition) is 4. The Morgan fingerprint density at radius 2 is 2.37 bits per heavy atom. The number of carbonyl (C=O) groups is 2. The summed E-state index contributed by atoms with van der Waals surface area (Å²) >= 11 is 0. The fourth-order valence-corrected chi connectivity index (χ4v) is 2.34. The van der Waals surface area contributed by atoms with Gasteiger partial charge in [0, 0.05) is 26.3 Å². The van der Waals surface area contributed by atoms with Crippen molar-refractivity contribution in [3.63, 3.8) is 0 Å². The van der Waals surface area contributed by atoms with Crippen molar-refractivity contribution in [1.29, 1.82) is 0 Å². The lowest BCUT2D eigenvalue weighted by molar-refractivity contribution is 0.0543. The van der Waals surface area contributed by atoms with Gasteiger partial charge in [-0.05, 0) is 18.8 Å². The van der Waals surface area contributed by atoms with E-state index in [9.17, 15) is 9.59 Å². The van der Waals surface area contributed by atoms with E-state index in [1.165, 1.54) is 6.07 Å². The number of carboxylic acids is 1. The van der Waals surface area contributed by atoms with Crippen molar-refractivity contribution in [2.75, 3.05) is 26.8 Å². The fourth-order valence-electron chi connectivity index (χ4n) is 2.34. The number of aromatic carboxylic acids is 1. The molecule has 2 heterocycles. The lowest BCUT2D eigenvalue weighted by Gasteiger charge is -2.31. The molecule has 2 rings (SSSR count). The second-order valence-electron chi connectivity index (χ2n) is 4.72. The number of methoxy groups -OCH3 is 1. The summed E-state index contributed by atoms with van der Waals surface area (Å²) in [6, 6.07) is 1.27. The van der Waals surface area contributed by atoms with Gasteiger partial charge in [0.05, 0.1) is 12.2 Å². The average molecular weight is 267 g/mol. The highest BCUT2D eigenvalue weighted by atomic mass is 16.5. The van der Waals surface area contributed by atoms with Gasteiger partial charge < -0.3 is 19.2 Å². The van der Waals surface area contributed by atoms with Crippen LogP contribution in [-0.4, -0.2) is 48.7 Å². The van der Waals surface area contributed by atoms with Crippen molar-refractivity contribution in [1.82, 2.24) is 4.90 Å². The molecule has 1 atom stereocenters. The Morgan fingerprint density at radius 3 is 3.00 bits per heavy atom. The minimum Gasteiger partial charge on any atom is -0.478 e. The Labute approximate surface area is 110 Å². The Morgan fingerprint density at radius 1 is 1.58 bits per heavy atom. The molecule has 6 nitrogen and oxygen atoms in total. The summed E-state index contributed by atoms with van der Waals surface area (Å²) < 4.78 is 10.1. The maximum absolute atomic E-state index is 12.2. The molecule has 1 N–H and O–H groups in total. The minimum atomic E-state index is -1.10. The van der Waals surface area contributed by atoms with Crippen LogP contribution >= 0.6 is 0 Å². The first-order valence-corrected chi connectivity index (χ1v) is 6.22. The van der Waals surface area contributed by atoms with Crippen LogP contribution in [0.2, 0.25) is 0 Å². The van der Waals surface area contributed by atoms with Crippen LogP contribution in [0.3, 0.4) is 0 Å². The van der Waals surface area contributed by atoms with E-state index < -0.39 is 5.97 Å². The van der Waals surface area contributed by atoms with Crippen LogP contribution in [0.1, 0.15) is 33.8 Å². The number of furan rings is 1. The zero-order chi connectivity index (χ0) is 13.8. The van der Waals surface area contributed by atoms with Crippen LogP contribution in [0.4, 0.5) is 0 Å². The van der Waals surface area contributed by atoms with Crippen molar-refractivity contribution < 1.29 is 23.8 Å². The molecule has 1 fully saturated rings. The van der Waals surface area contributed by atoms with Gasteiger partial charge in [-0.1, -0.05) is 0 Å². The molecule has 19 heavy (non-hydrogen) atoms. The van der Waals surface area contributed by atoms with E-state index in [1.54, 1.807) is 12.0 Å². The number of amides is 1. The van der Waals surface area contributed by atoms with Gasteiger partial charge in [-0.25, -0.2) is 4.79 Å². The Bertz CT molecular complexity index is 465. The number of piperidine rings is 1. The first-order chi connectivity index (χ1) is 9.11. The standard InChI is InChI=1S/C13H17NO5/c1-18-7-9-3-2-4-14(6-9)12(15)11-5-10(8-19-11)13(16)17/h5,8-9H,2-4,6-7H2,1H3,(H,16,17). The molecule has 0 spiro atoms. The van der Waals surface area contributed by atoms with E-state index >= 15 is 0 Å². The van der Waals surface area contributed by atoms with Crippen molar-refractivity contribution >= 4 is 11.9 Å². The molecule has 1 aliphatic heterocycles. The molecule has 0 bridgehead atoms. The normalized spacial score (nSPS) is 19.4. The zero-order valence-electron chi connectivity index (χ0n) is 10.8. The number of carboxylic acid groups (broad SMARTS) is 1. The Hall–Kier alpha value is -1.82. The monoisotopic (exact) mass is 267 g/mol. The number of likely N-dealkylation sites (tertiary alicyclic amines) is 1. The Kier molecular flexibility index (Phi) is 4.21. The van der Waals surface area contributed by atoms with E-state index in [4.69, 9.17) is 14.3 Å².